The molecule has 0 aliphatic carbocycles. The second kappa shape index (κ2) is 8.49. The third-order valence-corrected chi connectivity index (χ3v) is 3.24. The molecule has 2 rings (SSSR count). The third-order valence-electron chi connectivity index (χ3n) is 3.24. The SMILES string of the molecule is C=CC(=O)OCCNC(=O)Nc1cc2ccccc2cc1NC(C)=O. The van der Waals surface area contributed by atoms with Crippen molar-refractivity contribution in [2.24, 2.45) is 0 Å². The van der Waals surface area contributed by atoms with E-state index >= 15 is 0 Å². The lowest BCUT2D eigenvalue weighted by Gasteiger charge is -2.14. The zero-order valence-electron chi connectivity index (χ0n) is 13.8. The second-order valence-corrected chi connectivity index (χ2v) is 5.18. The van der Waals surface area contributed by atoms with Crippen molar-refractivity contribution in [3.63, 3.8) is 0 Å². The molecule has 0 saturated heterocycles. The van der Waals surface area contributed by atoms with Crippen LogP contribution >= 0.6 is 0 Å². The number of anilines is 2. The molecule has 0 fully saturated rings. The fourth-order valence-electron chi connectivity index (χ4n) is 2.18. The highest BCUT2D eigenvalue weighted by Crippen LogP contribution is 2.28. The Bertz CT molecular complexity index is 817. The summed E-state index contributed by atoms with van der Waals surface area (Å²) in [4.78, 5) is 34.3. The molecule has 0 aliphatic rings. The molecule has 3 amide bonds. The Morgan fingerprint density at radius 2 is 1.68 bits per heavy atom. The summed E-state index contributed by atoms with van der Waals surface area (Å²) in [5, 5.41) is 9.81. The number of carbonyl (C=O) groups is 3. The lowest BCUT2D eigenvalue weighted by atomic mass is 10.1. The highest BCUT2D eigenvalue weighted by molar-refractivity contribution is 6.03. The lowest BCUT2D eigenvalue weighted by molar-refractivity contribution is -0.137. The van der Waals surface area contributed by atoms with Crippen LogP contribution in [0.3, 0.4) is 0 Å². The minimum Gasteiger partial charge on any atom is -0.461 e. The maximum absolute atomic E-state index is 12.0. The van der Waals surface area contributed by atoms with Gasteiger partial charge in [-0.1, -0.05) is 30.8 Å². The summed E-state index contributed by atoms with van der Waals surface area (Å²) in [6.45, 7) is 4.86. The average Bonchev–Trinajstić information content (AvgIpc) is 2.58. The van der Waals surface area contributed by atoms with Crippen LogP contribution in [0, 0.1) is 0 Å². The topological polar surface area (TPSA) is 96.5 Å². The molecule has 7 heteroatoms. The van der Waals surface area contributed by atoms with E-state index in [2.05, 4.69) is 22.5 Å². The molecule has 130 valence electrons. The minimum atomic E-state index is -0.551. The molecular formula is C18H19N3O4. The van der Waals surface area contributed by atoms with Crippen molar-refractivity contribution >= 4 is 40.1 Å². The van der Waals surface area contributed by atoms with E-state index in [-0.39, 0.29) is 19.1 Å². The van der Waals surface area contributed by atoms with E-state index in [0.29, 0.717) is 11.4 Å². The van der Waals surface area contributed by atoms with Crippen molar-refractivity contribution in [3.05, 3.63) is 49.1 Å². The molecule has 7 nitrogen and oxygen atoms in total. The van der Waals surface area contributed by atoms with Gasteiger partial charge in [-0.05, 0) is 22.9 Å². The van der Waals surface area contributed by atoms with Crippen LogP contribution in [-0.4, -0.2) is 31.1 Å². The van der Waals surface area contributed by atoms with E-state index in [0.717, 1.165) is 16.8 Å². The third kappa shape index (κ3) is 5.35. The zero-order chi connectivity index (χ0) is 18.2. The zero-order valence-corrected chi connectivity index (χ0v) is 13.8. The lowest BCUT2D eigenvalue weighted by Crippen LogP contribution is -2.32. The van der Waals surface area contributed by atoms with Crippen LogP contribution in [0.4, 0.5) is 16.2 Å². The molecule has 25 heavy (non-hydrogen) atoms. The largest absolute Gasteiger partial charge is 0.461 e. The molecule has 0 spiro atoms. The van der Waals surface area contributed by atoms with Crippen LogP contribution < -0.4 is 16.0 Å². The highest BCUT2D eigenvalue weighted by Gasteiger charge is 2.10. The number of hydrogen-bond donors (Lipinski definition) is 3. The first kappa shape index (κ1) is 18.0. The maximum atomic E-state index is 12.0. The molecular weight excluding hydrogens is 322 g/mol. The van der Waals surface area contributed by atoms with E-state index < -0.39 is 12.0 Å². The number of esters is 1. The maximum Gasteiger partial charge on any atom is 0.330 e. The number of ether oxygens (including phenoxy) is 1. The Morgan fingerprint density at radius 3 is 2.24 bits per heavy atom. The van der Waals surface area contributed by atoms with Crippen molar-refractivity contribution in [2.45, 2.75) is 6.92 Å². The van der Waals surface area contributed by atoms with Gasteiger partial charge in [0, 0.05) is 13.0 Å². The molecule has 0 radical (unpaired) electrons. The van der Waals surface area contributed by atoms with Crippen LogP contribution in [-0.2, 0) is 14.3 Å². The average molecular weight is 341 g/mol. The summed E-state index contributed by atoms with van der Waals surface area (Å²) in [6, 6.07) is 10.7. The van der Waals surface area contributed by atoms with Gasteiger partial charge in [0.2, 0.25) is 5.91 Å². The molecule has 0 aliphatic heterocycles. The molecule has 2 aromatic rings. The molecule has 0 unspecified atom stereocenters. The standard InChI is InChI=1S/C18H19N3O4/c1-3-17(23)25-9-8-19-18(24)21-16-11-14-7-5-4-6-13(14)10-15(16)20-12(2)22/h3-7,10-11H,1,8-9H2,2H3,(H,20,22)(H2,19,21,24). The molecule has 2 aromatic carbocycles. The molecule has 0 heterocycles. The van der Waals surface area contributed by atoms with Crippen LogP contribution in [0.5, 0.6) is 0 Å². The fraction of sp³-hybridized carbons (Fsp3) is 0.167. The van der Waals surface area contributed by atoms with Gasteiger partial charge < -0.3 is 20.7 Å². The van der Waals surface area contributed by atoms with E-state index in [1.165, 1.54) is 6.92 Å². The monoisotopic (exact) mass is 341 g/mol. The van der Waals surface area contributed by atoms with Crippen molar-refractivity contribution in [2.75, 3.05) is 23.8 Å². The molecule has 0 aromatic heterocycles. The van der Waals surface area contributed by atoms with E-state index in [9.17, 15) is 14.4 Å². The van der Waals surface area contributed by atoms with E-state index in [4.69, 9.17) is 4.74 Å². The first-order valence-corrected chi connectivity index (χ1v) is 7.64. The summed E-state index contributed by atoms with van der Waals surface area (Å²) in [5.74, 6) is -0.792. The Balaban J connectivity index is 2.07. The molecule has 0 saturated carbocycles. The van der Waals surface area contributed by atoms with Gasteiger partial charge in [-0.15, -0.1) is 0 Å². The van der Waals surface area contributed by atoms with Gasteiger partial charge in [0.15, 0.2) is 0 Å². The Labute approximate surface area is 145 Å². The van der Waals surface area contributed by atoms with Gasteiger partial charge in [-0.3, -0.25) is 4.79 Å². The van der Waals surface area contributed by atoms with Gasteiger partial charge in [0.05, 0.1) is 17.9 Å². The summed E-state index contributed by atoms with van der Waals surface area (Å²) < 4.78 is 4.77. The van der Waals surface area contributed by atoms with Gasteiger partial charge in [0.1, 0.15) is 6.61 Å². The fourth-order valence-corrected chi connectivity index (χ4v) is 2.18. The summed E-state index contributed by atoms with van der Waals surface area (Å²) in [6.07, 6.45) is 1.05. The first-order valence-electron chi connectivity index (χ1n) is 7.64. The number of nitrogens with one attached hydrogen (secondary N) is 3. The smallest absolute Gasteiger partial charge is 0.330 e. The van der Waals surface area contributed by atoms with Gasteiger partial charge >= 0.3 is 12.0 Å². The Morgan fingerprint density at radius 1 is 1.08 bits per heavy atom. The summed E-state index contributed by atoms with van der Waals surface area (Å²) in [5.41, 5.74) is 0.967. The summed E-state index contributed by atoms with van der Waals surface area (Å²) in [7, 11) is 0. The molecule has 0 bridgehead atoms. The number of benzene rings is 2. The van der Waals surface area contributed by atoms with Crippen LogP contribution in [0.2, 0.25) is 0 Å². The number of fused-ring (bicyclic) bond motifs is 1. The van der Waals surface area contributed by atoms with Crippen molar-refractivity contribution in [3.8, 4) is 0 Å². The number of rotatable bonds is 6. The van der Waals surface area contributed by atoms with Crippen molar-refractivity contribution in [1.82, 2.24) is 5.32 Å². The van der Waals surface area contributed by atoms with Gasteiger partial charge in [0.25, 0.3) is 0 Å². The van der Waals surface area contributed by atoms with E-state index in [1.807, 2.05) is 24.3 Å². The first-order chi connectivity index (χ1) is 12.0. The second-order valence-electron chi connectivity index (χ2n) is 5.18. The number of urea groups is 1. The van der Waals surface area contributed by atoms with Crippen LogP contribution in [0.25, 0.3) is 10.8 Å². The van der Waals surface area contributed by atoms with Crippen molar-refractivity contribution < 1.29 is 19.1 Å². The normalized spacial score (nSPS) is 9.96. The van der Waals surface area contributed by atoms with Crippen LogP contribution in [0.1, 0.15) is 6.92 Å². The Kier molecular flexibility index (Phi) is 6.11. The predicted molar refractivity (Wildman–Crippen MR) is 96.4 cm³/mol. The minimum absolute atomic E-state index is 0.0363. The predicted octanol–water partition coefficient (Wildman–Crippen LogP) is 2.65. The quantitative estimate of drug-likeness (QED) is 0.427. The number of amides is 3. The van der Waals surface area contributed by atoms with Gasteiger partial charge in [-0.25, -0.2) is 9.59 Å². The summed E-state index contributed by atoms with van der Waals surface area (Å²) >= 11 is 0. The highest BCUT2D eigenvalue weighted by atomic mass is 16.5. The number of hydrogen-bond acceptors (Lipinski definition) is 4. The van der Waals surface area contributed by atoms with Crippen molar-refractivity contribution in [1.29, 1.82) is 0 Å². The van der Waals surface area contributed by atoms with Crippen LogP contribution in [0.15, 0.2) is 49.1 Å². The number of carbonyl (C=O) groups excluding carboxylic acids is 3. The Hall–Kier alpha value is -3.35. The van der Waals surface area contributed by atoms with E-state index in [1.54, 1.807) is 12.1 Å². The molecule has 3 N–H and O–H groups in total. The van der Waals surface area contributed by atoms with Gasteiger partial charge in [-0.2, -0.15) is 0 Å². The molecule has 0 atom stereocenters.